The van der Waals surface area contributed by atoms with E-state index in [1.165, 1.54) is 7.11 Å². The molecule has 0 amide bonds. The lowest BCUT2D eigenvalue weighted by atomic mass is 10.0. The van der Waals surface area contributed by atoms with Crippen LogP contribution in [-0.2, 0) is 20.3 Å². The summed E-state index contributed by atoms with van der Waals surface area (Å²) in [5.41, 5.74) is 0. The first-order chi connectivity index (χ1) is 8.97. The van der Waals surface area contributed by atoms with Gasteiger partial charge in [0.1, 0.15) is 4.83 Å². The van der Waals surface area contributed by atoms with Gasteiger partial charge in [-0.1, -0.05) is 41.1 Å². The van der Waals surface area contributed by atoms with Crippen LogP contribution in [0.25, 0.3) is 0 Å². The topological polar surface area (TPSA) is 63.6 Å². The highest BCUT2D eigenvalue weighted by Crippen LogP contribution is 2.19. The number of aliphatic hydroxyl groups is 1. The highest BCUT2D eigenvalue weighted by molar-refractivity contribution is 9.10. The molecule has 0 aromatic heterocycles. The molecule has 6 heteroatoms. The third-order valence-electron chi connectivity index (χ3n) is 2.73. The van der Waals surface area contributed by atoms with Gasteiger partial charge in [0.05, 0.1) is 24.0 Å². The minimum atomic E-state index is -1.20. The predicted octanol–water partition coefficient (Wildman–Crippen LogP) is 1.73. The van der Waals surface area contributed by atoms with Crippen LogP contribution in [-0.4, -0.2) is 39.1 Å². The summed E-state index contributed by atoms with van der Waals surface area (Å²) in [6.07, 6.45) is -0.944. The summed E-state index contributed by atoms with van der Waals surface area (Å²) in [5, 5.41) is 10.0. The Kier molecular flexibility index (Phi) is 6.68. The van der Waals surface area contributed by atoms with Crippen molar-refractivity contribution in [3.63, 3.8) is 0 Å². The average Bonchev–Trinajstić information content (AvgIpc) is 2.45. The van der Waals surface area contributed by atoms with E-state index >= 15 is 0 Å². The molecule has 0 aliphatic heterocycles. The van der Waals surface area contributed by atoms with Crippen molar-refractivity contribution >= 4 is 32.7 Å². The molecule has 0 aliphatic carbocycles. The molecule has 19 heavy (non-hydrogen) atoms. The van der Waals surface area contributed by atoms with E-state index < -0.39 is 27.7 Å². The molecule has 1 N–H and O–H groups in total. The Balaban J connectivity index is 2.62. The van der Waals surface area contributed by atoms with Crippen molar-refractivity contribution in [3.8, 4) is 0 Å². The Labute approximate surface area is 123 Å². The van der Waals surface area contributed by atoms with E-state index in [1.807, 2.05) is 18.2 Å². The number of benzene rings is 1. The van der Waals surface area contributed by atoms with Crippen LogP contribution in [0.5, 0.6) is 0 Å². The third-order valence-corrected chi connectivity index (χ3v) is 5.27. The van der Waals surface area contributed by atoms with Crippen molar-refractivity contribution in [1.82, 2.24) is 0 Å². The maximum atomic E-state index is 12.1. The average molecular weight is 349 g/mol. The molecule has 0 aliphatic rings. The molecule has 4 nitrogen and oxygen atoms in total. The van der Waals surface area contributed by atoms with Gasteiger partial charge in [-0.25, -0.2) is 0 Å². The Morgan fingerprint density at radius 1 is 1.42 bits per heavy atom. The standard InChI is InChI=1S/C13H17BrO4S/c1-9(12(15)11(14)13(16)18-2)8-19(17)10-6-4-3-5-7-10/h3-7,9,11-12,15H,8H2,1-2H3/t9-,11+,12+,19?/m1/s1. The zero-order valence-corrected chi connectivity index (χ0v) is 13.2. The number of rotatable bonds is 6. The summed E-state index contributed by atoms with van der Waals surface area (Å²) in [4.78, 5) is 11.2. The molecule has 0 radical (unpaired) electrons. The van der Waals surface area contributed by atoms with Gasteiger partial charge in [-0.05, 0) is 18.1 Å². The van der Waals surface area contributed by atoms with Crippen LogP contribution in [0, 0.1) is 5.92 Å². The number of alkyl halides is 1. The van der Waals surface area contributed by atoms with Crippen LogP contribution < -0.4 is 0 Å². The Bertz CT molecular complexity index is 438. The van der Waals surface area contributed by atoms with Gasteiger partial charge < -0.3 is 9.84 Å². The molecule has 1 aromatic carbocycles. The van der Waals surface area contributed by atoms with Gasteiger partial charge in [0.25, 0.3) is 0 Å². The molecule has 0 saturated heterocycles. The van der Waals surface area contributed by atoms with Gasteiger partial charge in [0.2, 0.25) is 0 Å². The van der Waals surface area contributed by atoms with E-state index in [4.69, 9.17) is 0 Å². The largest absolute Gasteiger partial charge is 0.468 e. The minimum Gasteiger partial charge on any atom is -0.468 e. The summed E-state index contributed by atoms with van der Waals surface area (Å²) >= 11 is 3.09. The summed E-state index contributed by atoms with van der Waals surface area (Å²) in [7, 11) is 0.0613. The predicted molar refractivity (Wildman–Crippen MR) is 77.6 cm³/mol. The molecule has 4 atom stereocenters. The zero-order chi connectivity index (χ0) is 14.4. The monoisotopic (exact) mass is 348 g/mol. The summed E-state index contributed by atoms with van der Waals surface area (Å²) < 4.78 is 16.6. The lowest BCUT2D eigenvalue weighted by Gasteiger charge is -2.21. The van der Waals surface area contributed by atoms with E-state index in [9.17, 15) is 14.1 Å². The molecule has 0 fully saturated rings. The molecule has 0 heterocycles. The summed E-state index contributed by atoms with van der Waals surface area (Å²) in [5.74, 6) is -0.557. The van der Waals surface area contributed by atoms with E-state index in [1.54, 1.807) is 19.1 Å². The number of hydrogen-bond donors (Lipinski definition) is 1. The number of aliphatic hydroxyl groups excluding tert-OH is 1. The Morgan fingerprint density at radius 3 is 2.53 bits per heavy atom. The maximum Gasteiger partial charge on any atom is 0.322 e. The second-order valence-electron chi connectivity index (χ2n) is 4.22. The number of hydrogen-bond acceptors (Lipinski definition) is 4. The van der Waals surface area contributed by atoms with Gasteiger partial charge >= 0.3 is 5.97 Å². The normalized spacial score (nSPS) is 17.3. The van der Waals surface area contributed by atoms with Gasteiger partial charge in [-0.3, -0.25) is 9.00 Å². The Morgan fingerprint density at radius 2 is 2.00 bits per heavy atom. The van der Waals surface area contributed by atoms with E-state index in [0.29, 0.717) is 4.90 Å². The van der Waals surface area contributed by atoms with Crippen molar-refractivity contribution in [1.29, 1.82) is 0 Å². The second-order valence-corrected chi connectivity index (χ2v) is 6.70. The molecule has 1 rings (SSSR count). The van der Waals surface area contributed by atoms with Crippen molar-refractivity contribution in [3.05, 3.63) is 30.3 Å². The fourth-order valence-electron chi connectivity index (χ4n) is 1.55. The molecular weight excluding hydrogens is 332 g/mol. The van der Waals surface area contributed by atoms with Crippen molar-refractivity contribution < 1.29 is 18.8 Å². The van der Waals surface area contributed by atoms with Crippen LogP contribution in [0.1, 0.15) is 6.92 Å². The molecule has 0 saturated carbocycles. The molecule has 0 spiro atoms. The zero-order valence-electron chi connectivity index (χ0n) is 10.8. The van der Waals surface area contributed by atoms with Gasteiger partial charge in [-0.15, -0.1) is 0 Å². The lowest BCUT2D eigenvalue weighted by Crippen LogP contribution is -2.36. The van der Waals surface area contributed by atoms with Crippen LogP contribution in [0.15, 0.2) is 35.2 Å². The van der Waals surface area contributed by atoms with Crippen LogP contribution >= 0.6 is 15.9 Å². The fourth-order valence-corrected chi connectivity index (χ4v) is 3.58. The maximum absolute atomic E-state index is 12.1. The number of ether oxygens (including phenoxy) is 1. The van der Waals surface area contributed by atoms with Crippen LogP contribution in [0.3, 0.4) is 0 Å². The molecule has 1 aromatic rings. The number of carbonyl (C=O) groups is 1. The minimum absolute atomic E-state index is 0.282. The van der Waals surface area contributed by atoms with Crippen LogP contribution in [0.4, 0.5) is 0 Å². The lowest BCUT2D eigenvalue weighted by molar-refractivity contribution is -0.142. The van der Waals surface area contributed by atoms with Crippen LogP contribution in [0.2, 0.25) is 0 Å². The molecule has 106 valence electrons. The van der Waals surface area contributed by atoms with Crippen molar-refractivity contribution in [2.24, 2.45) is 5.92 Å². The first kappa shape index (κ1) is 16.3. The first-order valence-electron chi connectivity index (χ1n) is 5.80. The van der Waals surface area contributed by atoms with Gasteiger partial charge in [0, 0.05) is 10.6 Å². The number of methoxy groups -OCH3 is 1. The fraction of sp³-hybridized carbons (Fsp3) is 0.462. The molecule has 0 bridgehead atoms. The third kappa shape index (κ3) is 4.71. The van der Waals surface area contributed by atoms with Gasteiger partial charge in [0.15, 0.2) is 0 Å². The summed E-state index contributed by atoms with van der Waals surface area (Å²) in [6.45, 7) is 1.75. The summed E-state index contributed by atoms with van der Waals surface area (Å²) in [6, 6.07) is 9.04. The van der Waals surface area contributed by atoms with Crippen molar-refractivity contribution in [2.45, 2.75) is 22.8 Å². The van der Waals surface area contributed by atoms with E-state index in [2.05, 4.69) is 20.7 Å². The van der Waals surface area contributed by atoms with Crippen molar-refractivity contribution in [2.75, 3.05) is 12.9 Å². The number of esters is 1. The quantitative estimate of drug-likeness (QED) is 0.628. The van der Waals surface area contributed by atoms with E-state index in [0.717, 1.165) is 0 Å². The molecular formula is C13H17BrO4S. The molecule has 1 unspecified atom stereocenters. The second kappa shape index (κ2) is 7.77. The number of halogens is 1. The number of carbonyl (C=O) groups excluding carboxylic acids is 1. The van der Waals surface area contributed by atoms with Gasteiger partial charge in [-0.2, -0.15) is 0 Å². The highest BCUT2D eigenvalue weighted by atomic mass is 79.9. The smallest absolute Gasteiger partial charge is 0.322 e. The first-order valence-corrected chi connectivity index (χ1v) is 8.04. The van der Waals surface area contributed by atoms with E-state index in [-0.39, 0.29) is 11.7 Å². The highest BCUT2D eigenvalue weighted by Gasteiger charge is 2.30. The Hall–Kier alpha value is -0.720. The SMILES string of the molecule is COC(=O)[C@@H](Br)[C@@H](O)[C@H](C)CS(=O)c1ccccc1.